The van der Waals surface area contributed by atoms with Gasteiger partial charge in [-0.3, -0.25) is 14.6 Å². The summed E-state index contributed by atoms with van der Waals surface area (Å²) in [4.78, 5) is 26.7. The third-order valence-electron chi connectivity index (χ3n) is 5.67. The van der Waals surface area contributed by atoms with Crippen LogP contribution >= 0.6 is 22.7 Å². The Morgan fingerprint density at radius 1 is 1.07 bits per heavy atom. The van der Waals surface area contributed by atoms with Crippen molar-refractivity contribution in [1.82, 2.24) is 19.8 Å². The van der Waals surface area contributed by atoms with Crippen molar-refractivity contribution < 1.29 is 9.53 Å². The molecule has 2 atom stereocenters. The summed E-state index contributed by atoms with van der Waals surface area (Å²) in [6.45, 7) is 11.7. The van der Waals surface area contributed by atoms with Crippen LogP contribution in [0.25, 0.3) is 0 Å². The molecule has 0 radical (unpaired) electrons. The number of amides is 1. The van der Waals surface area contributed by atoms with Gasteiger partial charge < -0.3 is 10.1 Å². The molecule has 9 heteroatoms. The van der Waals surface area contributed by atoms with Crippen molar-refractivity contribution in [3.63, 3.8) is 0 Å². The van der Waals surface area contributed by atoms with Crippen LogP contribution in [0.15, 0.2) is 10.8 Å². The van der Waals surface area contributed by atoms with E-state index in [9.17, 15) is 4.79 Å². The number of thiazole rings is 2. The maximum absolute atomic E-state index is 12.7. The number of rotatable bonds is 6. The molecule has 4 rings (SSSR count). The summed E-state index contributed by atoms with van der Waals surface area (Å²) < 4.78 is 5.80. The smallest absolute Gasteiger partial charge is 0.229 e. The summed E-state index contributed by atoms with van der Waals surface area (Å²) in [5, 5.41) is 9.06. The zero-order valence-electron chi connectivity index (χ0n) is 18.0. The van der Waals surface area contributed by atoms with Gasteiger partial charge in [-0.1, -0.05) is 0 Å². The van der Waals surface area contributed by atoms with Crippen LogP contribution in [0.4, 0.5) is 5.13 Å². The molecule has 2 saturated heterocycles. The highest BCUT2D eigenvalue weighted by molar-refractivity contribution is 7.13. The van der Waals surface area contributed by atoms with Gasteiger partial charge in [-0.05, 0) is 46.7 Å². The Labute approximate surface area is 186 Å². The van der Waals surface area contributed by atoms with Crippen LogP contribution < -0.4 is 5.32 Å². The van der Waals surface area contributed by atoms with Crippen molar-refractivity contribution in [2.45, 2.75) is 58.9 Å². The lowest BCUT2D eigenvalue weighted by molar-refractivity contribution is -0.121. The maximum Gasteiger partial charge on any atom is 0.229 e. The molecular formula is C21H31N5O2S2. The van der Waals surface area contributed by atoms with Crippen molar-refractivity contribution in [3.05, 3.63) is 27.2 Å². The molecule has 0 saturated carbocycles. The zero-order chi connectivity index (χ0) is 21.1. The lowest BCUT2D eigenvalue weighted by Crippen LogP contribution is -2.44. The number of ether oxygens (including phenoxy) is 1. The molecule has 2 aliphatic rings. The number of carbonyl (C=O) groups excluding carboxylic acids is 1. The van der Waals surface area contributed by atoms with E-state index in [-0.39, 0.29) is 24.0 Å². The average Bonchev–Trinajstić information content (AvgIpc) is 3.30. The molecule has 2 aromatic rings. The first-order valence-electron chi connectivity index (χ1n) is 10.7. The molecule has 4 heterocycles. The van der Waals surface area contributed by atoms with Crippen molar-refractivity contribution in [2.24, 2.45) is 5.92 Å². The van der Waals surface area contributed by atoms with E-state index < -0.39 is 0 Å². The number of piperidine rings is 1. The minimum Gasteiger partial charge on any atom is -0.373 e. The fourth-order valence-electron chi connectivity index (χ4n) is 4.35. The Morgan fingerprint density at radius 3 is 2.37 bits per heavy atom. The van der Waals surface area contributed by atoms with Crippen LogP contribution in [0.5, 0.6) is 0 Å². The van der Waals surface area contributed by atoms with Gasteiger partial charge in [-0.25, -0.2) is 9.97 Å². The van der Waals surface area contributed by atoms with E-state index in [0.29, 0.717) is 5.13 Å². The first-order valence-corrected chi connectivity index (χ1v) is 12.5. The fraction of sp³-hybridized carbons (Fsp3) is 0.667. The largest absolute Gasteiger partial charge is 0.373 e. The average molecular weight is 450 g/mol. The number of likely N-dealkylation sites (tertiary alicyclic amines) is 1. The molecule has 0 spiro atoms. The van der Waals surface area contributed by atoms with Crippen LogP contribution in [-0.4, -0.2) is 64.1 Å². The number of hydrogen-bond donors (Lipinski definition) is 1. The topological polar surface area (TPSA) is 70.6 Å². The van der Waals surface area contributed by atoms with Crippen molar-refractivity contribution in [3.8, 4) is 0 Å². The zero-order valence-corrected chi connectivity index (χ0v) is 19.6. The van der Waals surface area contributed by atoms with Gasteiger partial charge in [0.2, 0.25) is 5.91 Å². The van der Waals surface area contributed by atoms with E-state index in [1.165, 1.54) is 11.3 Å². The minimum atomic E-state index is 0.0618. The maximum atomic E-state index is 12.7. The van der Waals surface area contributed by atoms with Crippen LogP contribution in [-0.2, 0) is 22.6 Å². The second kappa shape index (κ2) is 9.82. The Kier molecular flexibility index (Phi) is 7.15. The summed E-state index contributed by atoms with van der Waals surface area (Å²) in [6.07, 6.45) is 2.27. The van der Waals surface area contributed by atoms with Gasteiger partial charge in [-0.2, -0.15) is 0 Å². The standard InChI is InChI=1S/C21H31N5O2S2/c1-14-8-26(9-15(2)28-14)11-19-13-30-21(23-19)24-20(27)17-4-6-25(7-5-17)10-18-12-29-16(3)22-18/h12-15,17H,4-11H2,1-3H3,(H,23,24,27). The number of aromatic nitrogens is 2. The monoisotopic (exact) mass is 449 g/mol. The van der Waals surface area contributed by atoms with Crippen molar-refractivity contribution >= 4 is 33.7 Å². The Morgan fingerprint density at radius 2 is 1.70 bits per heavy atom. The van der Waals surface area contributed by atoms with E-state index >= 15 is 0 Å². The number of carbonyl (C=O) groups is 1. The summed E-state index contributed by atoms with van der Waals surface area (Å²) in [5.74, 6) is 0.167. The fourth-order valence-corrected chi connectivity index (χ4v) is 5.66. The first-order chi connectivity index (χ1) is 14.4. The predicted molar refractivity (Wildman–Crippen MR) is 121 cm³/mol. The second-order valence-corrected chi connectivity index (χ2v) is 10.4. The quantitative estimate of drug-likeness (QED) is 0.729. The second-order valence-electron chi connectivity index (χ2n) is 8.49. The number of nitrogens with one attached hydrogen (secondary N) is 1. The molecule has 2 unspecified atom stereocenters. The third kappa shape index (κ3) is 5.85. The summed E-state index contributed by atoms with van der Waals surface area (Å²) >= 11 is 3.21. The molecule has 1 amide bonds. The Hall–Kier alpha value is -1.39. The highest BCUT2D eigenvalue weighted by Crippen LogP contribution is 2.24. The van der Waals surface area contributed by atoms with Gasteiger partial charge in [0.05, 0.1) is 28.6 Å². The van der Waals surface area contributed by atoms with E-state index in [1.54, 1.807) is 11.3 Å². The van der Waals surface area contributed by atoms with E-state index in [4.69, 9.17) is 4.74 Å². The molecule has 7 nitrogen and oxygen atoms in total. The number of hydrogen-bond acceptors (Lipinski definition) is 8. The molecule has 2 fully saturated rings. The van der Waals surface area contributed by atoms with Crippen LogP contribution in [0.2, 0.25) is 0 Å². The molecule has 164 valence electrons. The summed E-state index contributed by atoms with van der Waals surface area (Å²) in [7, 11) is 0. The van der Waals surface area contributed by atoms with Gasteiger partial charge in [0.1, 0.15) is 0 Å². The molecule has 0 aliphatic carbocycles. The van der Waals surface area contributed by atoms with Gasteiger partial charge in [0, 0.05) is 42.9 Å². The van der Waals surface area contributed by atoms with E-state index in [0.717, 1.165) is 68.5 Å². The lowest BCUT2D eigenvalue weighted by Gasteiger charge is -2.34. The molecule has 2 aliphatic heterocycles. The molecular weight excluding hydrogens is 418 g/mol. The first kappa shape index (κ1) is 21.8. The van der Waals surface area contributed by atoms with E-state index in [1.807, 2.05) is 6.92 Å². The van der Waals surface area contributed by atoms with Crippen LogP contribution in [0, 0.1) is 12.8 Å². The van der Waals surface area contributed by atoms with Gasteiger partial charge in [-0.15, -0.1) is 22.7 Å². The highest BCUT2D eigenvalue weighted by atomic mass is 32.1. The number of aryl methyl sites for hydroxylation is 1. The summed E-state index contributed by atoms with van der Waals surface area (Å²) in [6, 6.07) is 0. The minimum absolute atomic E-state index is 0.0618. The molecule has 1 N–H and O–H groups in total. The molecule has 30 heavy (non-hydrogen) atoms. The normalized spacial score (nSPS) is 24.2. The number of morpholine rings is 1. The van der Waals surface area contributed by atoms with Gasteiger partial charge >= 0.3 is 0 Å². The lowest BCUT2D eigenvalue weighted by atomic mass is 9.96. The summed E-state index contributed by atoms with van der Waals surface area (Å²) in [5.41, 5.74) is 2.16. The van der Waals surface area contributed by atoms with Gasteiger partial charge in [0.15, 0.2) is 5.13 Å². The van der Waals surface area contributed by atoms with Crippen molar-refractivity contribution in [2.75, 3.05) is 31.5 Å². The molecule has 2 aromatic heterocycles. The number of nitrogens with zero attached hydrogens (tertiary/aromatic N) is 4. The third-order valence-corrected chi connectivity index (χ3v) is 7.30. The highest BCUT2D eigenvalue weighted by Gasteiger charge is 2.26. The Balaban J connectivity index is 1.23. The Bertz CT molecular complexity index is 836. The molecule has 0 aromatic carbocycles. The van der Waals surface area contributed by atoms with Crippen LogP contribution in [0.1, 0.15) is 43.1 Å². The van der Waals surface area contributed by atoms with Crippen LogP contribution in [0.3, 0.4) is 0 Å². The SMILES string of the molecule is Cc1nc(CN2CCC(C(=O)Nc3nc(CN4CC(C)OC(C)C4)cs3)CC2)cs1. The molecule has 0 bridgehead atoms. The van der Waals surface area contributed by atoms with Gasteiger partial charge in [0.25, 0.3) is 0 Å². The number of anilines is 1. The van der Waals surface area contributed by atoms with Crippen molar-refractivity contribution in [1.29, 1.82) is 0 Å². The van der Waals surface area contributed by atoms with E-state index in [2.05, 4.69) is 49.7 Å². The predicted octanol–water partition coefficient (Wildman–Crippen LogP) is 3.37.